The number of carbonyl (C=O) groups excluding carboxylic acids is 5. The van der Waals surface area contributed by atoms with E-state index in [4.69, 9.17) is 11.5 Å². The molecule has 21 heteroatoms. The number of hydrogen-bond donors (Lipinski definition) is 4. The molecule has 396 valence electrons. The van der Waals surface area contributed by atoms with Gasteiger partial charge in [-0.1, -0.05) is 48.5 Å². The largest absolute Gasteiger partial charge is 0.416 e. The van der Waals surface area contributed by atoms with Crippen molar-refractivity contribution in [3.8, 4) is 0 Å². The summed E-state index contributed by atoms with van der Waals surface area (Å²) in [6.07, 6.45) is -8.99. The van der Waals surface area contributed by atoms with Crippen LogP contribution < -0.4 is 31.9 Å². The number of anilines is 4. The number of urea groups is 2. The lowest BCUT2D eigenvalue weighted by Gasteiger charge is -2.34. The summed E-state index contributed by atoms with van der Waals surface area (Å²) in [7, 11) is 6.12. The van der Waals surface area contributed by atoms with E-state index < -0.39 is 59.4 Å². The highest BCUT2D eigenvalue weighted by atomic mass is 19.4. The Labute approximate surface area is 434 Å². The van der Waals surface area contributed by atoms with Crippen LogP contribution in [0.1, 0.15) is 63.1 Å². The summed E-state index contributed by atoms with van der Waals surface area (Å²) in [5, 5.41) is 5.62. The molecule has 5 aromatic rings. The molecule has 0 saturated heterocycles. The number of alkyl halides is 6. The van der Waals surface area contributed by atoms with Crippen molar-refractivity contribution >= 4 is 52.5 Å². The molecule has 4 aliphatic heterocycles. The number of nitrogen functional groups attached to an aromatic ring is 2. The number of nitrogens with one attached hydrogen (secondary N) is 2. The minimum absolute atomic E-state index is 0.0668. The molecule has 0 aliphatic carbocycles. The highest BCUT2D eigenvalue weighted by molar-refractivity contribution is 6.08. The van der Waals surface area contributed by atoms with Crippen LogP contribution in [0.4, 0.5) is 58.7 Å². The molecule has 5 aromatic carbocycles. The van der Waals surface area contributed by atoms with Gasteiger partial charge in [-0.15, -0.1) is 0 Å². The van der Waals surface area contributed by atoms with Crippen molar-refractivity contribution < 1.29 is 54.8 Å². The Morgan fingerprint density at radius 3 is 1.39 bits per heavy atom. The van der Waals surface area contributed by atoms with Gasteiger partial charge in [0.25, 0.3) is 17.7 Å². The number of benzene rings is 5. The normalized spacial score (nSPS) is 18.1. The Bertz CT molecular complexity index is 2980. The molecule has 0 radical (unpaired) electrons. The smallest absolute Gasteiger partial charge is 0.399 e. The van der Waals surface area contributed by atoms with Gasteiger partial charge in [0, 0.05) is 48.7 Å². The van der Waals surface area contributed by atoms with Crippen molar-refractivity contribution in [3.05, 3.63) is 177 Å². The van der Waals surface area contributed by atoms with Crippen LogP contribution in [0.5, 0.6) is 0 Å². The van der Waals surface area contributed by atoms with Crippen molar-refractivity contribution in [2.24, 2.45) is 0 Å². The Kier molecular flexibility index (Phi) is 14.1. The third kappa shape index (κ3) is 10.9. The van der Waals surface area contributed by atoms with Crippen LogP contribution in [0.15, 0.2) is 144 Å². The van der Waals surface area contributed by atoms with Crippen LogP contribution in [0.2, 0.25) is 0 Å². The molecular weight excluding hydrogens is 995 g/mol. The lowest BCUT2D eigenvalue weighted by molar-refractivity contribution is -0.884. The minimum atomic E-state index is -4.71. The molecule has 4 aliphatic rings. The summed E-state index contributed by atoms with van der Waals surface area (Å²) < 4.78 is 84.2. The highest BCUT2D eigenvalue weighted by Crippen LogP contribution is 2.42. The number of quaternary nitrogens is 1. The van der Waals surface area contributed by atoms with Gasteiger partial charge in [-0.25, -0.2) is 9.59 Å². The zero-order valence-electron chi connectivity index (χ0n) is 41.7. The standard InChI is InChI=1S/C55H54F6N10O5/c1-71(2,3)32-33-12-14-36(15-13-33)49(72)66(24-6-26-67-30-43-45(50(67)73)47(34-16-20-39(62)21-17-34)64-52(75)69(43)41-10-4-8-37(28-41)54(56,57)58)25-7-27-68-31-44-46(51(68)74)48(35-18-22-40(63)23-19-35)65-53(76)70(44)42-11-5-9-38(29-42)55(59,60)61/h4-5,8-23,28-29,47-48H,6-7,24-27,30-32,62-63H2,1-3H3,(H-,64,65,75,76)/p+1. The van der Waals surface area contributed by atoms with E-state index in [-0.39, 0.29) is 91.9 Å². The van der Waals surface area contributed by atoms with Crippen LogP contribution in [-0.2, 0) is 28.5 Å². The maximum absolute atomic E-state index is 14.5. The molecular formula is C55H55F6N10O5+. The average Bonchev–Trinajstić information content (AvgIpc) is 3.90. The number of halogens is 6. The molecule has 0 fully saturated rings. The average molecular weight is 1050 g/mol. The first-order valence-corrected chi connectivity index (χ1v) is 24.4. The molecule has 15 nitrogen and oxygen atoms in total. The van der Waals surface area contributed by atoms with Crippen LogP contribution in [0.3, 0.4) is 0 Å². The van der Waals surface area contributed by atoms with Gasteiger partial charge in [-0.2, -0.15) is 26.3 Å². The number of amides is 7. The maximum Gasteiger partial charge on any atom is 0.416 e. The van der Waals surface area contributed by atoms with Gasteiger partial charge in [0.2, 0.25) is 0 Å². The molecule has 76 heavy (non-hydrogen) atoms. The van der Waals surface area contributed by atoms with Crippen molar-refractivity contribution in [2.75, 3.05) is 81.7 Å². The van der Waals surface area contributed by atoms with E-state index >= 15 is 0 Å². The maximum atomic E-state index is 14.5. The number of nitrogens with zero attached hydrogens (tertiary/aromatic N) is 6. The number of nitrogens with two attached hydrogens (primary N) is 2. The zero-order valence-corrected chi connectivity index (χ0v) is 41.7. The van der Waals surface area contributed by atoms with Crippen molar-refractivity contribution in [2.45, 2.75) is 43.8 Å². The molecule has 2 unspecified atom stereocenters. The van der Waals surface area contributed by atoms with Crippen molar-refractivity contribution in [3.63, 3.8) is 0 Å². The summed E-state index contributed by atoms with van der Waals surface area (Å²) in [6, 6.07) is 25.4. The molecule has 9 rings (SSSR count). The van der Waals surface area contributed by atoms with Crippen LogP contribution in [0.25, 0.3) is 0 Å². The van der Waals surface area contributed by atoms with E-state index in [1.54, 1.807) is 65.6 Å². The lowest BCUT2D eigenvalue weighted by atomic mass is 9.95. The van der Waals surface area contributed by atoms with E-state index in [2.05, 4.69) is 10.6 Å². The van der Waals surface area contributed by atoms with Gasteiger partial charge in [-0.3, -0.25) is 24.2 Å². The van der Waals surface area contributed by atoms with Gasteiger partial charge in [0.15, 0.2) is 0 Å². The Hall–Kier alpha value is -8.33. The lowest BCUT2D eigenvalue weighted by Crippen LogP contribution is -2.47. The van der Waals surface area contributed by atoms with E-state index in [0.717, 1.165) is 39.6 Å². The Morgan fingerprint density at radius 2 is 1.01 bits per heavy atom. The molecule has 0 aromatic heterocycles. The van der Waals surface area contributed by atoms with E-state index in [1.807, 2.05) is 33.3 Å². The summed E-state index contributed by atoms with van der Waals surface area (Å²) in [6.45, 7) is 0.770. The molecule has 6 N–H and O–H groups in total. The monoisotopic (exact) mass is 1050 g/mol. The molecule has 0 spiro atoms. The fraction of sp³-hybridized carbons (Fsp3) is 0.291. The zero-order chi connectivity index (χ0) is 54.4. The molecule has 0 bridgehead atoms. The van der Waals surface area contributed by atoms with Crippen LogP contribution in [-0.4, -0.2) is 109 Å². The fourth-order valence-electron chi connectivity index (χ4n) is 10.1. The SMILES string of the molecule is C[N+](C)(C)Cc1ccc(C(=O)N(CCCN2CC3=C(C2=O)C(c2ccc(N)cc2)NC(=O)N3c2cccc(C(F)(F)F)c2)CCCN2CC3=C(C2=O)C(c2ccc(N)cc2)NC(=O)N3c2cccc(C(F)(F)F)c2)cc1. The third-order valence-electron chi connectivity index (χ3n) is 13.7. The summed E-state index contributed by atoms with van der Waals surface area (Å²) >= 11 is 0. The van der Waals surface area contributed by atoms with E-state index in [0.29, 0.717) is 39.1 Å². The van der Waals surface area contributed by atoms with E-state index in [9.17, 15) is 50.3 Å². The number of rotatable bonds is 15. The predicted octanol–water partition coefficient (Wildman–Crippen LogP) is 8.45. The predicted molar refractivity (Wildman–Crippen MR) is 273 cm³/mol. The summed E-state index contributed by atoms with van der Waals surface area (Å²) in [5.74, 6) is -1.27. The van der Waals surface area contributed by atoms with Crippen molar-refractivity contribution in [1.29, 1.82) is 0 Å². The number of carbonyl (C=O) groups is 5. The van der Waals surface area contributed by atoms with Gasteiger partial charge < -0.3 is 41.3 Å². The fourth-order valence-corrected chi connectivity index (χ4v) is 10.1. The topological polar surface area (TPSA) is 178 Å². The second-order valence-electron chi connectivity index (χ2n) is 20.2. The second kappa shape index (κ2) is 20.4. The molecule has 2 atom stereocenters. The van der Waals surface area contributed by atoms with Gasteiger partial charge >= 0.3 is 24.4 Å². The molecule has 4 heterocycles. The Balaban J connectivity index is 0.958. The van der Waals surface area contributed by atoms with Gasteiger partial charge in [0.05, 0.1) is 91.4 Å². The molecule has 0 saturated carbocycles. The second-order valence-corrected chi connectivity index (χ2v) is 20.2. The first-order valence-electron chi connectivity index (χ1n) is 24.4. The van der Waals surface area contributed by atoms with Crippen LogP contribution >= 0.6 is 0 Å². The quantitative estimate of drug-likeness (QED) is 0.0462. The summed E-state index contributed by atoms with van der Waals surface area (Å²) in [4.78, 5) is 78.1. The highest BCUT2D eigenvalue weighted by Gasteiger charge is 2.47. The molecule has 7 amide bonds. The first kappa shape index (κ1) is 52.5. The van der Waals surface area contributed by atoms with Gasteiger partial charge in [-0.05, 0) is 96.8 Å². The third-order valence-corrected chi connectivity index (χ3v) is 13.7. The van der Waals surface area contributed by atoms with Gasteiger partial charge in [0.1, 0.15) is 6.54 Å². The number of hydrogen-bond acceptors (Lipinski definition) is 7. The minimum Gasteiger partial charge on any atom is -0.399 e. The van der Waals surface area contributed by atoms with Crippen LogP contribution in [0, 0.1) is 0 Å². The summed E-state index contributed by atoms with van der Waals surface area (Å²) in [5.41, 5.74) is 13.8. The van der Waals surface area contributed by atoms with E-state index in [1.165, 1.54) is 34.1 Å². The Morgan fingerprint density at radius 1 is 0.605 bits per heavy atom. The first-order chi connectivity index (χ1) is 35.9. The van der Waals surface area contributed by atoms with Crippen molar-refractivity contribution in [1.82, 2.24) is 25.3 Å².